The van der Waals surface area contributed by atoms with Gasteiger partial charge < -0.3 is 10.2 Å². The van der Waals surface area contributed by atoms with Gasteiger partial charge in [-0.1, -0.05) is 7.43 Å². The number of carbonyl (C=O) groups excluding carboxylic acids is 2. The molecule has 0 aliphatic rings. The van der Waals surface area contributed by atoms with E-state index in [9.17, 15) is 0 Å². The van der Waals surface area contributed by atoms with Crippen molar-refractivity contribution in [2.45, 2.75) is 20.3 Å². The molecule has 0 heterocycles. The van der Waals surface area contributed by atoms with E-state index in [2.05, 4.69) is 0 Å². The third-order valence-electron chi connectivity index (χ3n) is 0.566. The van der Waals surface area contributed by atoms with Crippen LogP contribution < -0.4 is 0 Å². The lowest BCUT2D eigenvalue weighted by atomic mass is 10.3. The highest BCUT2D eigenvalue weighted by Crippen LogP contribution is 1.80. The fourth-order valence-electron chi connectivity index (χ4n) is 0.224. The van der Waals surface area contributed by atoms with E-state index in [1.54, 1.807) is 0 Å². The van der Waals surface area contributed by atoms with Crippen LogP contribution in [0.5, 0.6) is 0 Å². The molecule has 6 nitrogen and oxygen atoms in total. The summed E-state index contributed by atoms with van der Waals surface area (Å²) in [7, 11) is 0. The zero-order valence-electron chi connectivity index (χ0n) is 6.54. The lowest BCUT2D eigenvalue weighted by molar-refractivity contribution is 0.242. The summed E-state index contributed by atoms with van der Waals surface area (Å²) in [5.74, 6) is 0. The van der Waals surface area contributed by atoms with Crippen LogP contribution >= 0.6 is 0 Å². The highest BCUT2D eigenvalue weighted by atomic mass is 16.3. The summed E-state index contributed by atoms with van der Waals surface area (Å²) >= 11 is 0. The molecule has 0 unspecified atom stereocenters. The molecule has 0 fully saturated rings. The molecule has 0 aromatic carbocycles. The minimum absolute atomic E-state index is 0. The molecule has 0 atom stereocenters. The molecule has 0 aromatic rings. The summed E-state index contributed by atoms with van der Waals surface area (Å²) in [5.41, 5.74) is 0. The van der Waals surface area contributed by atoms with Crippen molar-refractivity contribution in [3.05, 3.63) is 0 Å². The molecule has 0 aliphatic heterocycles. The third-order valence-corrected chi connectivity index (χ3v) is 0.566. The fourth-order valence-corrected chi connectivity index (χ4v) is 0.224. The van der Waals surface area contributed by atoms with Gasteiger partial charge in [0.2, 0.25) is 12.2 Å². The lowest BCUT2D eigenvalue weighted by Gasteiger charge is -1.85. The molecule has 0 radical (unpaired) electrons. The first-order valence-corrected chi connectivity index (χ1v) is 3.04. The Balaban J connectivity index is -0.0000000501. The van der Waals surface area contributed by atoms with Crippen LogP contribution in [0.3, 0.4) is 0 Å². The number of unbranched alkanes of at least 4 members (excludes halogenated alkanes) is 1. The number of rotatable bonds is 3. The van der Waals surface area contributed by atoms with E-state index in [-0.39, 0.29) is 20.6 Å². The molecular weight excluding hydrogens is 176 g/mol. The van der Waals surface area contributed by atoms with Crippen molar-refractivity contribution in [3.8, 4) is 0 Å². The second kappa shape index (κ2) is 45.7. The Morgan fingerprint density at radius 3 is 1.15 bits per heavy atom. The quantitative estimate of drug-likeness (QED) is 0.289. The molecule has 0 saturated carbocycles. The molecule has 0 spiro atoms. The largest absolute Gasteiger partial charge is 0.396 e. The minimum Gasteiger partial charge on any atom is -0.396 e. The highest BCUT2D eigenvalue weighted by molar-refractivity contribution is 5.26. The number of isocyanates is 2. The molecule has 4 N–H and O–H groups in total. The Kier molecular flexibility index (Phi) is 79.4. The van der Waals surface area contributed by atoms with Crippen LogP contribution in [0.25, 0.3) is 0 Å². The summed E-state index contributed by atoms with van der Waals surface area (Å²) in [6.45, 7) is 0.390. The molecule has 78 valence electrons. The van der Waals surface area contributed by atoms with Gasteiger partial charge >= 0.3 is 0 Å². The van der Waals surface area contributed by atoms with E-state index in [1.165, 1.54) is 0 Å². The molecule has 0 rings (SSSR count). The Hall–Kier alpha value is -1.32. The van der Waals surface area contributed by atoms with Crippen molar-refractivity contribution in [2.75, 3.05) is 13.2 Å². The van der Waals surface area contributed by atoms with Gasteiger partial charge in [-0.2, -0.15) is 0 Å². The summed E-state index contributed by atoms with van der Waals surface area (Å²) in [5, 5.41) is 27.0. The maximum Gasteiger partial charge on any atom is 0.231 e. The zero-order valence-corrected chi connectivity index (χ0v) is 6.54. The first-order chi connectivity index (χ1) is 5.74. The second-order valence-electron chi connectivity index (χ2n) is 1.36. The molecule has 6 heteroatoms. The maximum atomic E-state index is 8.35. The molecule has 0 amide bonds. The van der Waals surface area contributed by atoms with Gasteiger partial charge in [0.15, 0.2) is 0 Å². The number of hydrogen-bond donors (Lipinski definition) is 4. The number of hydrogen-bond acceptors (Lipinski definition) is 6. The lowest BCUT2D eigenvalue weighted by Crippen LogP contribution is -1.85. The summed E-state index contributed by atoms with van der Waals surface area (Å²) in [6.07, 6.45) is 2.94. The monoisotopic (exact) mass is 192 g/mol. The van der Waals surface area contributed by atoms with Crippen molar-refractivity contribution in [1.82, 2.24) is 0 Å². The van der Waals surface area contributed by atoms with Crippen LogP contribution in [-0.2, 0) is 9.59 Å². The zero-order chi connectivity index (χ0) is 10.2. The second-order valence-corrected chi connectivity index (χ2v) is 1.36. The molecule has 0 saturated heterocycles. The smallest absolute Gasteiger partial charge is 0.231 e. The number of aliphatic hydroxyl groups is 2. The first kappa shape index (κ1) is 22.6. The fraction of sp³-hybridized carbons (Fsp3) is 0.714. The Labute approximate surface area is 77.2 Å². The molecular formula is C7H16N2O4. The SMILES string of the molecule is C.N=C=O.N=C=O.OCCCCO. The van der Waals surface area contributed by atoms with Crippen LogP contribution in [0, 0.1) is 10.8 Å². The van der Waals surface area contributed by atoms with Crippen LogP contribution in [0.4, 0.5) is 0 Å². The Morgan fingerprint density at radius 1 is 0.923 bits per heavy atom. The van der Waals surface area contributed by atoms with E-state index < -0.39 is 0 Å². The Bertz CT molecular complexity index is 110. The van der Waals surface area contributed by atoms with E-state index in [4.69, 9.17) is 30.6 Å². The van der Waals surface area contributed by atoms with Gasteiger partial charge in [-0.05, 0) is 12.8 Å². The summed E-state index contributed by atoms with van der Waals surface area (Å²) in [4.78, 5) is 16.7. The average molecular weight is 192 g/mol. The van der Waals surface area contributed by atoms with Gasteiger partial charge in [0.25, 0.3) is 0 Å². The molecule has 0 aromatic heterocycles. The average Bonchev–Trinajstić information content (AvgIpc) is 2.04. The topological polar surface area (TPSA) is 122 Å². The molecule has 0 aliphatic carbocycles. The van der Waals surface area contributed by atoms with Crippen LogP contribution in [-0.4, -0.2) is 35.6 Å². The predicted octanol–water partition coefficient (Wildman–Crippen LogP) is 0.189. The first-order valence-electron chi connectivity index (χ1n) is 3.04. The van der Waals surface area contributed by atoms with Crippen molar-refractivity contribution < 1.29 is 19.8 Å². The van der Waals surface area contributed by atoms with Crippen LogP contribution in [0.1, 0.15) is 20.3 Å². The number of aliphatic hydroxyl groups excluding tert-OH is 2. The minimum atomic E-state index is 0. The maximum absolute atomic E-state index is 8.35. The van der Waals surface area contributed by atoms with Gasteiger partial charge in [0.1, 0.15) is 0 Å². The molecule has 13 heavy (non-hydrogen) atoms. The van der Waals surface area contributed by atoms with Gasteiger partial charge in [0.05, 0.1) is 0 Å². The van der Waals surface area contributed by atoms with E-state index in [0.29, 0.717) is 0 Å². The highest BCUT2D eigenvalue weighted by Gasteiger charge is 1.77. The van der Waals surface area contributed by atoms with Gasteiger partial charge in [-0.3, -0.25) is 0 Å². The van der Waals surface area contributed by atoms with Crippen molar-refractivity contribution in [2.24, 2.45) is 0 Å². The Morgan fingerprint density at radius 2 is 1.08 bits per heavy atom. The number of nitrogens with one attached hydrogen (secondary N) is 2. The third kappa shape index (κ3) is 285. The van der Waals surface area contributed by atoms with Gasteiger partial charge in [-0.25, -0.2) is 20.4 Å². The van der Waals surface area contributed by atoms with Crippen LogP contribution in [0.2, 0.25) is 0 Å². The summed E-state index contributed by atoms with van der Waals surface area (Å²) < 4.78 is 0. The van der Waals surface area contributed by atoms with Crippen molar-refractivity contribution in [1.29, 1.82) is 10.8 Å². The van der Waals surface area contributed by atoms with E-state index in [1.807, 2.05) is 0 Å². The summed E-state index contributed by atoms with van der Waals surface area (Å²) in [6, 6.07) is 0. The standard InChI is InChI=1S/C4H10O2.2CHNO.CH4/c5-3-1-2-4-6;2*2-1-3;/h5-6H,1-4H2;2*2H;1H4. The van der Waals surface area contributed by atoms with Crippen molar-refractivity contribution >= 4 is 12.2 Å². The van der Waals surface area contributed by atoms with Gasteiger partial charge in [-0.15, -0.1) is 0 Å². The van der Waals surface area contributed by atoms with E-state index >= 15 is 0 Å². The van der Waals surface area contributed by atoms with Crippen LogP contribution in [0.15, 0.2) is 0 Å². The normalized spacial score (nSPS) is 5.38. The van der Waals surface area contributed by atoms with Gasteiger partial charge in [0, 0.05) is 13.2 Å². The van der Waals surface area contributed by atoms with E-state index in [0.717, 1.165) is 25.0 Å². The predicted molar refractivity (Wildman–Crippen MR) is 47.0 cm³/mol. The van der Waals surface area contributed by atoms with Crippen molar-refractivity contribution in [3.63, 3.8) is 0 Å². The molecule has 0 bridgehead atoms.